The Labute approximate surface area is 141 Å². The number of primary amides is 1. The van der Waals surface area contributed by atoms with Crippen molar-refractivity contribution in [2.75, 3.05) is 6.54 Å². The smallest absolute Gasteiger partial charge is 0.315 e. The predicted molar refractivity (Wildman–Crippen MR) is 89.4 cm³/mol. The van der Waals surface area contributed by atoms with Gasteiger partial charge in [0.15, 0.2) is 0 Å². The number of urea groups is 1. The molecule has 3 amide bonds. The van der Waals surface area contributed by atoms with Crippen LogP contribution < -0.4 is 16.4 Å². The summed E-state index contributed by atoms with van der Waals surface area (Å²) in [4.78, 5) is 32.9. The van der Waals surface area contributed by atoms with E-state index >= 15 is 0 Å². The lowest BCUT2D eigenvalue weighted by atomic mass is 9.97. The highest BCUT2D eigenvalue weighted by Gasteiger charge is 2.40. The summed E-state index contributed by atoms with van der Waals surface area (Å²) >= 11 is 0. The highest BCUT2D eigenvalue weighted by atomic mass is 16.2. The van der Waals surface area contributed by atoms with Crippen LogP contribution in [0.1, 0.15) is 54.9 Å². The molecule has 7 heteroatoms. The van der Waals surface area contributed by atoms with E-state index in [9.17, 15) is 9.59 Å². The van der Waals surface area contributed by atoms with Gasteiger partial charge in [-0.05, 0) is 44.6 Å². The number of aryl methyl sites for hydroxylation is 2. The van der Waals surface area contributed by atoms with E-state index in [4.69, 9.17) is 5.73 Å². The van der Waals surface area contributed by atoms with Gasteiger partial charge in [-0.2, -0.15) is 0 Å². The summed E-state index contributed by atoms with van der Waals surface area (Å²) in [6, 6.07) is -0.353. The lowest BCUT2D eigenvalue weighted by Gasteiger charge is -2.26. The highest BCUT2D eigenvalue weighted by Crippen LogP contribution is 2.29. The van der Waals surface area contributed by atoms with Crippen molar-refractivity contribution in [1.29, 1.82) is 0 Å². The van der Waals surface area contributed by atoms with E-state index in [2.05, 4.69) is 20.6 Å². The Morgan fingerprint density at radius 3 is 2.62 bits per heavy atom. The molecule has 1 aromatic rings. The summed E-state index contributed by atoms with van der Waals surface area (Å²) in [5.41, 5.74) is 8.07. The SMILES string of the molecule is Cc1nc(CCNC(=O)NC2(C(N)=O)CCCC2)nc2c1CCC2. The van der Waals surface area contributed by atoms with Crippen molar-refractivity contribution >= 4 is 11.9 Å². The van der Waals surface area contributed by atoms with Gasteiger partial charge < -0.3 is 16.4 Å². The van der Waals surface area contributed by atoms with E-state index in [1.165, 1.54) is 5.56 Å². The Morgan fingerprint density at radius 2 is 1.92 bits per heavy atom. The topological polar surface area (TPSA) is 110 Å². The van der Waals surface area contributed by atoms with Crippen molar-refractivity contribution in [3.8, 4) is 0 Å². The first kappa shape index (κ1) is 16.7. The molecule has 0 spiro atoms. The fourth-order valence-corrected chi connectivity index (χ4v) is 3.76. The Morgan fingerprint density at radius 1 is 1.17 bits per heavy atom. The number of carbonyl (C=O) groups excluding carboxylic acids is 2. The molecule has 0 bridgehead atoms. The lowest BCUT2D eigenvalue weighted by Crippen LogP contribution is -2.58. The maximum Gasteiger partial charge on any atom is 0.315 e. The van der Waals surface area contributed by atoms with Crippen LogP contribution in [0.2, 0.25) is 0 Å². The van der Waals surface area contributed by atoms with Gasteiger partial charge in [0.05, 0.1) is 0 Å². The van der Waals surface area contributed by atoms with Gasteiger partial charge in [-0.1, -0.05) is 12.8 Å². The number of rotatable bonds is 5. The van der Waals surface area contributed by atoms with Crippen molar-refractivity contribution in [1.82, 2.24) is 20.6 Å². The van der Waals surface area contributed by atoms with E-state index in [0.717, 1.165) is 49.3 Å². The molecule has 24 heavy (non-hydrogen) atoms. The Hall–Kier alpha value is -2.18. The van der Waals surface area contributed by atoms with Gasteiger partial charge in [0.1, 0.15) is 11.4 Å². The van der Waals surface area contributed by atoms with E-state index in [0.29, 0.717) is 25.8 Å². The van der Waals surface area contributed by atoms with Crippen LogP contribution in [-0.4, -0.2) is 34.0 Å². The van der Waals surface area contributed by atoms with E-state index in [1.807, 2.05) is 6.92 Å². The molecule has 1 aromatic heterocycles. The van der Waals surface area contributed by atoms with Crippen LogP contribution in [0.3, 0.4) is 0 Å². The number of hydrogen-bond donors (Lipinski definition) is 3. The molecule has 3 rings (SSSR count). The minimum atomic E-state index is -0.884. The van der Waals surface area contributed by atoms with Gasteiger partial charge in [0, 0.05) is 24.4 Å². The fraction of sp³-hybridized carbons (Fsp3) is 0.647. The Kier molecular flexibility index (Phi) is 4.69. The van der Waals surface area contributed by atoms with Gasteiger partial charge in [0.2, 0.25) is 5.91 Å². The second-order valence-corrected chi connectivity index (χ2v) is 6.79. The first-order chi connectivity index (χ1) is 11.5. The molecule has 0 radical (unpaired) electrons. The number of hydrogen-bond acceptors (Lipinski definition) is 4. The third-order valence-electron chi connectivity index (χ3n) is 5.10. The lowest BCUT2D eigenvalue weighted by molar-refractivity contribution is -0.123. The summed E-state index contributed by atoms with van der Waals surface area (Å²) in [6.45, 7) is 2.45. The molecule has 0 unspecified atom stereocenters. The highest BCUT2D eigenvalue weighted by molar-refractivity contribution is 5.90. The number of fused-ring (bicyclic) bond motifs is 1. The van der Waals surface area contributed by atoms with Crippen LogP contribution in [0.15, 0.2) is 0 Å². The number of amides is 3. The Bertz CT molecular complexity index is 653. The molecule has 1 heterocycles. The first-order valence-corrected chi connectivity index (χ1v) is 8.71. The molecule has 1 saturated carbocycles. The molecule has 0 saturated heterocycles. The third-order valence-corrected chi connectivity index (χ3v) is 5.10. The monoisotopic (exact) mass is 331 g/mol. The standard InChI is InChI=1S/C17H25N5O2/c1-11-12-5-4-6-13(12)21-14(20-11)7-10-19-16(24)22-17(15(18)23)8-2-3-9-17/h2-10H2,1H3,(H2,18,23)(H2,19,22,24). The zero-order valence-electron chi connectivity index (χ0n) is 14.2. The number of aromatic nitrogens is 2. The minimum Gasteiger partial charge on any atom is -0.368 e. The summed E-state index contributed by atoms with van der Waals surface area (Å²) in [7, 11) is 0. The summed E-state index contributed by atoms with van der Waals surface area (Å²) in [5, 5.41) is 5.55. The largest absolute Gasteiger partial charge is 0.368 e. The number of nitrogens with two attached hydrogens (primary N) is 1. The number of carbonyl (C=O) groups is 2. The van der Waals surface area contributed by atoms with Crippen molar-refractivity contribution in [3.63, 3.8) is 0 Å². The van der Waals surface area contributed by atoms with Crippen LogP contribution in [0.5, 0.6) is 0 Å². The minimum absolute atomic E-state index is 0.353. The summed E-state index contributed by atoms with van der Waals surface area (Å²) in [6.07, 6.45) is 6.84. The third kappa shape index (κ3) is 3.34. The molecule has 0 atom stereocenters. The second kappa shape index (κ2) is 6.75. The Balaban J connectivity index is 1.52. The first-order valence-electron chi connectivity index (χ1n) is 8.71. The predicted octanol–water partition coefficient (Wildman–Crippen LogP) is 0.914. The van der Waals surface area contributed by atoms with Gasteiger partial charge >= 0.3 is 6.03 Å². The number of nitrogens with zero attached hydrogens (tertiary/aromatic N) is 2. The van der Waals surface area contributed by atoms with Gasteiger partial charge in [-0.3, -0.25) is 4.79 Å². The number of nitrogens with one attached hydrogen (secondary N) is 2. The van der Waals surface area contributed by atoms with E-state index in [-0.39, 0.29) is 6.03 Å². The van der Waals surface area contributed by atoms with Crippen LogP contribution in [0.4, 0.5) is 4.79 Å². The average molecular weight is 331 g/mol. The van der Waals surface area contributed by atoms with Crippen LogP contribution in [0.25, 0.3) is 0 Å². The van der Waals surface area contributed by atoms with E-state index < -0.39 is 11.4 Å². The normalized spacial score (nSPS) is 18.2. The molecule has 4 N–H and O–H groups in total. The molecule has 0 aliphatic heterocycles. The molecule has 7 nitrogen and oxygen atoms in total. The maximum absolute atomic E-state index is 12.1. The van der Waals surface area contributed by atoms with Crippen molar-refractivity contribution in [2.45, 2.75) is 63.8 Å². The van der Waals surface area contributed by atoms with Gasteiger partial charge in [-0.15, -0.1) is 0 Å². The van der Waals surface area contributed by atoms with Crippen LogP contribution in [-0.2, 0) is 24.1 Å². The molecule has 2 aliphatic rings. The molecule has 130 valence electrons. The van der Waals surface area contributed by atoms with Gasteiger partial charge in [-0.25, -0.2) is 14.8 Å². The average Bonchev–Trinajstić information content (AvgIpc) is 3.17. The molecule has 1 fully saturated rings. The van der Waals surface area contributed by atoms with Crippen LogP contribution in [0, 0.1) is 6.92 Å². The fourth-order valence-electron chi connectivity index (χ4n) is 3.76. The molecule has 2 aliphatic carbocycles. The maximum atomic E-state index is 12.1. The zero-order valence-corrected chi connectivity index (χ0v) is 14.2. The molecule has 0 aromatic carbocycles. The quantitative estimate of drug-likeness (QED) is 0.745. The summed E-state index contributed by atoms with van der Waals surface area (Å²) < 4.78 is 0. The molecular formula is C17H25N5O2. The van der Waals surface area contributed by atoms with Gasteiger partial charge in [0.25, 0.3) is 0 Å². The van der Waals surface area contributed by atoms with Crippen molar-refractivity contribution in [3.05, 3.63) is 22.8 Å². The van der Waals surface area contributed by atoms with Crippen LogP contribution >= 0.6 is 0 Å². The van der Waals surface area contributed by atoms with E-state index in [1.54, 1.807) is 0 Å². The second-order valence-electron chi connectivity index (χ2n) is 6.79. The molecular weight excluding hydrogens is 306 g/mol. The van der Waals surface area contributed by atoms with Crippen molar-refractivity contribution in [2.24, 2.45) is 5.73 Å². The summed E-state index contributed by atoms with van der Waals surface area (Å²) in [5.74, 6) is 0.312. The zero-order chi connectivity index (χ0) is 17.2. The van der Waals surface area contributed by atoms with Crippen molar-refractivity contribution < 1.29 is 9.59 Å².